The van der Waals surface area contributed by atoms with Crippen LogP contribution in [0.3, 0.4) is 0 Å². The van der Waals surface area contributed by atoms with Crippen molar-refractivity contribution in [3.05, 3.63) is 28.9 Å². The lowest BCUT2D eigenvalue weighted by Crippen LogP contribution is -2.05. The molecule has 0 radical (unpaired) electrons. The highest BCUT2D eigenvalue weighted by atomic mass is 32.1. The van der Waals surface area contributed by atoms with Crippen molar-refractivity contribution in [2.45, 2.75) is 13.5 Å². The fourth-order valence-electron chi connectivity index (χ4n) is 1.62. The van der Waals surface area contributed by atoms with Crippen LogP contribution in [0.25, 0.3) is 10.6 Å². The van der Waals surface area contributed by atoms with Gasteiger partial charge in [-0.15, -0.1) is 11.3 Å². The van der Waals surface area contributed by atoms with Crippen molar-refractivity contribution in [2.24, 2.45) is 0 Å². The van der Waals surface area contributed by atoms with Crippen molar-refractivity contribution in [3.8, 4) is 16.6 Å². The van der Waals surface area contributed by atoms with E-state index in [9.17, 15) is 0 Å². The Kier molecular flexibility index (Phi) is 4.44. The smallest absolute Gasteiger partial charge is 0.157 e. The zero-order valence-corrected chi connectivity index (χ0v) is 11.6. The van der Waals surface area contributed by atoms with E-state index < -0.39 is 0 Å². The van der Waals surface area contributed by atoms with Gasteiger partial charge in [0.1, 0.15) is 23.4 Å². The van der Waals surface area contributed by atoms with Crippen molar-refractivity contribution in [1.82, 2.24) is 9.97 Å². The van der Waals surface area contributed by atoms with Gasteiger partial charge >= 0.3 is 0 Å². The summed E-state index contributed by atoms with van der Waals surface area (Å²) in [6, 6.07) is 7.71. The van der Waals surface area contributed by atoms with Crippen LogP contribution in [-0.2, 0) is 11.3 Å². The van der Waals surface area contributed by atoms with Gasteiger partial charge in [-0.25, -0.2) is 9.97 Å². The van der Waals surface area contributed by atoms with E-state index in [1.807, 2.05) is 19.1 Å². The maximum Gasteiger partial charge on any atom is 0.157 e. The largest absolute Gasteiger partial charge is 0.377 e. The molecule has 2 aromatic heterocycles. The van der Waals surface area contributed by atoms with Crippen LogP contribution in [0.5, 0.6) is 0 Å². The van der Waals surface area contributed by atoms with Gasteiger partial charge in [0.2, 0.25) is 0 Å². The minimum atomic E-state index is 0.364. The van der Waals surface area contributed by atoms with Gasteiger partial charge in [-0.05, 0) is 19.1 Å². The Morgan fingerprint density at radius 2 is 2.26 bits per heavy atom. The molecule has 0 saturated heterocycles. The van der Waals surface area contributed by atoms with Crippen LogP contribution in [0.1, 0.15) is 17.6 Å². The highest BCUT2D eigenvalue weighted by Crippen LogP contribution is 2.27. The summed E-state index contributed by atoms with van der Waals surface area (Å²) in [4.78, 5) is 10.4. The molecule has 5 nitrogen and oxygen atoms in total. The number of nitrogens with one attached hydrogen (secondary N) is 1. The van der Waals surface area contributed by atoms with Crippen LogP contribution in [0.4, 0.5) is 5.82 Å². The van der Waals surface area contributed by atoms with E-state index in [0.717, 1.165) is 22.9 Å². The summed E-state index contributed by atoms with van der Waals surface area (Å²) in [5, 5.41) is 12.0. The van der Waals surface area contributed by atoms with Crippen LogP contribution < -0.4 is 5.32 Å². The minimum absolute atomic E-state index is 0.364. The Labute approximate surface area is 115 Å². The second-order valence-electron chi connectivity index (χ2n) is 3.79. The Balaban J connectivity index is 2.40. The average Bonchev–Trinajstić information content (AvgIpc) is 2.88. The van der Waals surface area contributed by atoms with Crippen molar-refractivity contribution in [1.29, 1.82) is 5.26 Å². The molecule has 0 spiro atoms. The first-order valence-corrected chi connectivity index (χ1v) is 6.69. The monoisotopic (exact) mass is 274 g/mol. The first-order chi connectivity index (χ1) is 9.26. The lowest BCUT2D eigenvalue weighted by Gasteiger charge is -2.07. The number of methoxy groups -OCH3 is 1. The van der Waals surface area contributed by atoms with Gasteiger partial charge in [0.15, 0.2) is 5.82 Å². The van der Waals surface area contributed by atoms with Gasteiger partial charge in [-0.2, -0.15) is 5.26 Å². The molecule has 0 saturated carbocycles. The Morgan fingerprint density at radius 3 is 2.89 bits per heavy atom. The average molecular weight is 274 g/mol. The first-order valence-electron chi connectivity index (χ1n) is 5.88. The molecular formula is C13H14N4OS. The summed E-state index contributed by atoms with van der Waals surface area (Å²) in [5.41, 5.74) is 0.810. The molecule has 2 rings (SSSR count). The molecule has 19 heavy (non-hydrogen) atoms. The topological polar surface area (TPSA) is 70.8 Å². The molecule has 0 aliphatic heterocycles. The van der Waals surface area contributed by atoms with E-state index in [-0.39, 0.29) is 0 Å². The van der Waals surface area contributed by atoms with Crippen LogP contribution in [0, 0.1) is 11.3 Å². The fraction of sp³-hybridized carbons (Fsp3) is 0.308. The van der Waals surface area contributed by atoms with Crippen LogP contribution >= 0.6 is 11.3 Å². The van der Waals surface area contributed by atoms with Gasteiger partial charge < -0.3 is 10.1 Å². The predicted octanol–water partition coefficient (Wildman–Crippen LogP) is 2.65. The van der Waals surface area contributed by atoms with Crippen molar-refractivity contribution in [3.63, 3.8) is 0 Å². The molecule has 1 N–H and O–H groups in total. The number of thiophene rings is 1. The van der Waals surface area contributed by atoms with E-state index in [0.29, 0.717) is 17.3 Å². The maximum atomic E-state index is 8.87. The summed E-state index contributed by atoms with van der Waals surface area (Å²) in [5.74, 6) is 1.40. The Bertz CT molecular complexity index is 579. The fourth-order valence-corrected chi connectivity index (χ4v) is 2.39. The maximum absolute atomic E-state index is 8.87. The van der Waals surface area contributed by atoms with Gasteiger partial charge in [0, 0.05) is 19.7 Å². The molecule has 6 heteroatoms. The summed E-state index contributed by atoms with van der Waals surface area (Å²) >= 11 is 1.42. The second kappa shape index (κ2) is 6.27. The summed E-state index contributed by atoms with van der Waals surface area (Å²) in [6.45, 7) is 3.16. The highest BCUT2D eigenvalue weighted by Gasteiger charge is 2.09. The van der Waals surface area contributed by atoms with Crippen LogP contribution in [0.15, 0.2) is 18.2 Å². The number of aromatic nitrogens is 2. The number of hydrogen-bond acceptors (Lipinski definition) is 6. The highest BCUT2D eigenvalue weighted by molar-refractivity contribution is 7.15. The van der Waals surface area contributed by atoms with Gasteiger partial charge in [0.05, 0.1) is 10.6 Å². The summed E-state index contributed by atoms with van der Waals surface area (Å²) in [6.07, 6.45) is 0. The summed E-state index contributed by atoms with van der Waals surface area (Å²) < 4.78 is 5.08. The normalized spacial score (nSPS) is 10.2. The van der Waals surface area contributed by atoms with Gasteiger partial charge in [-0.1, -0.05) is 0 Å². The number of hydrogen-bond donors (Lipinski definition) is 1. The van der Waals surface area contributed by atoms with E-state index in [1.54, 1.807) is 13.2 Å². The van der Waals surface area contributed by atoms with E-state index in [1.165, 1.54) is 11.3 Å². The molecule has 0 amide bonds. The van der Waals surface area contributed by atoms with Crippen molar-refractivity contribution >= 4 is 17.2 Å². The number of rotatable bonds is 5. The number of nitrogens with zero attached hydrogens (tertiary/aromatic N) is 3. The third kappa shape index (κ3) is 3.28. The van der Waals surface area contributed by atoms with Crippen LogP contribution in [-0.4, -0.2) is 23.6 Å². The lowest BCUT2D eigenvalue weighted by molar-refractivity contribution is 0.178. The molecule has 0 bridgehead atoms. The molecule has 0 aliphatic rings. The van der Waals surface area contributed by atoms with E-state index in [2.05, 4.69) is 21.4 Å². The molecule has 0 atom stereocenters. The molecule has 2 heterocycles. The van der Waals surface area contributed by atoms with Crippen LogP contribution in [0.2, 0.25) is 0 Å². The van der Waals surface area contributed by atoms with E-state index >= 15 is 0 Å². The summed E-state index contributed by atoms with van der Waals surface area (Å²) in [7, 11) is 1.61. The molecule has 2 aromatic rings. The number of nitriles is 1. The second-order valence-corrected chi connectivity index (χ2v) is 4.88. The van der Waals surface area contributed by atoms with Gasteiger partial charge in [-0.3, -0.25) is 0 Å². The minimum Gasteiger partial charge on any atom is -0.377 e. The molecule has 0 aliphatic carbocycles. The Hall–Kier alpha value is -1.97. The Morgan fingerprint density at radius 1 is 1.42 bits per heavy atom. The SMILES string of the molecule is CCNc1cc(-c2ccc(C#N)s2)nc(COC)n1. The van der Waals surface area contributed by atoms with Gasteiger partial charge in [0.25, 0.3) is 0 Å². The third-order valence-corrected chi connectivity index (χ3v) is 3.38. The number of ether oxygens (including phenoxy) is 1. The molecule has 0 aromatic carbocycles. The molecule has 0 fully saturated rings. The standard InChI is InChI=1S/C13H14N4OS/c1-3-15-12-6-10(16-13(17-12)8-18-2)11-5-4-9(7-14)19-11/h4-6H,3,8H2,1-2H3,(H,15,16,17). The van der Waals surface area contributed by atoms with Crippen molar-refractivity contribution in [2.75, 3.05) is 19.0 Å². The lowest BCUT2D eigenvalue weighted by atomic mass is 10.3. The zero-order chi connectivity index (χ0) is 13.7. The number of anilines is 1. The molecule has 0 unspecified atom stereocenters. The molecule has 98 valence electrons. The zero-order valence-electron chi connectivity index (χ0n) is 10.8. The quantitative estimate of drug-likeness (QED) is 0.907. The van der Waals surface area contributed by atoms with Crippen molar-refractivity contribution < 1.29 is 4.74 Å². The third-order valence-electron chi connectivity index (χ3n) is 2.37. The predicted molar refractivity (Wildman–Crippen MR) is 74.9 cm³/mol. The molecular weight excluding hydrogens is 260 g/mol. The first kappa shape index (κ1) is 13.5. The van der Waals surface area contributed by atoms with E-state index in [4.69, 9.17) is 10.00 Å².